The van der Waals surface area contributed by atoms with E-state index in [1.165, 1.54) is 0 Å². The van der Waals surface area contributed by atoms with Gasteiger partial charge >= 0.3 is 11.9 Å². The van der Waals surface area contributed by atoms with Crippen molar-refractivity contribution in [2.24, 2.45) is 5.41 Å². The van der Waals surface area contributed by atoms with Crippen molar-refractivity contribution in [1.29, 1.82) is 0 Å². The average molecular weight is 258 g/mol. The third kappa shape index (κ3) is 5.07. The van der Waals surface area contributed by atoms with Gasteiger partial charge in [0.1, 0.15) is 0 Å². The molecule has 0 amide bonds. The number of aliphatic carboxylic acids is 2. The Morgan fingerprint density at radius 2 is 1.17 bits per heavy atom. The highest BCUT2D eigenvalue weighted by Gasteiger charge is 2.45. The normalized spacial score (nSPS) is 11.4. The fraction of sp³-hybridized carbons (Fsp3) is 0.857. The van der Waals surface area contributed by atoms with Crippen molar-refractivity contribution in [1.82, 2.24) is 0 Å². The number of hydrogen-bond donors (Lipinski definition) is 2. The van der Waals surface area contributed by atoms with E-state index in [2.05, 4.69) is 6.92 Å². The van der Waals surface area contributed by atoms with Crippen molar-refractivity contribution in [3.05, 3.63) is 0 Å². The summed E-state index contributed by atoms with van der Waals surface area (Å²) in [6.45, 7) is 4.09. The summed E-state index contributed by atoms with van der Waals surface area (Å²) >= 11 is 0. The highest BCUT2D eigenvalue weighted by Crippen LogP contribution is 2.32. The van der Waals surface area contributed by atoms with Gasteiger partial charge in [-0.3, -0.25) is 9.59 Å². The average Bonchev–Trinajstić information content (AvgIpc) is 2.31. The van der Waals surface area contributed by atoms with Gasteiger partial charge in [0.2, 0.25) is 0 Å². The summed E-state index contributed by atoms with van der Waals surface area (Å²) in [4.78, 5) is 22.7. The molecule has 0 fully saturated rings. The predicted octanol–water partition coefficient (Wildman–Crippen LogP) is 3.69. The molecule has 0 bridgehead atoms. The number of carboxylic acids is 2. The third-order valence-corrected chi connectivity index (χ3v) is 3.48. The van der Waals surface area contributed by atoms with E-state index in [-0.39, 0.29) is 12.8 Å². The first-order chi connectivity index (χ1) is 8.51. The van der Waals surface area contributed by atoms with Gasteiger partial charge < -0.3 is 10.2 Å². The fourth-order valence-electron chi connectivity index (χ4n) is 2.17. The third-order valence-electron chi connectivity index (χ3n) is 3.48. The van der Waals surface area contributed by atoms with Crippen molar-refractivity contribution in [2.75, 3.05) is 0 Å². The molecule has 4 heteroatoms. The Kier molecular flexibility index (Phi) is 8.42. The topological polar surface area (TPSA) is 74.6 Å². The second kappa shape index (κ2) is 8.95. The number of carboxylic acid groups (broad SMARTS) is 2. The quantitative estimate of drug-likeness (QED) is 0.438. The van der Waals surface area contributed by atoms with E-state index in [1.54, 1.807) is 0 Å². The molecular formula is C14H26O4. The van der Waals surface area contributed by atoms with Crippen molar-refractivity contribution < 1.29 is 19.8 Å². The maximum Gasteiger partial charge on any atom is 0.321 e. The lowest BCUT2D eigenvalue weighted by Crippen LogP contribution is -2.39. The fourth-order valence-corrected chi connectivity index (χ4v) is 2.17. The molecule has 0 aromatic rings. The van der Waals surface area contributed by atoms with Gasteiger partial charge in [-0.1, -0.05) is 58.8 Å². The minimum absolute atomic E-state index is 0.248. The van der Waals surface area contributed by atoms with Crippen molar-refractivity contribution in [3.8, 4) is 0 Å². The minimum Gasteiger partial charge on any atom is -0.480 e. The standard InChI is InChI=1S/C14H26O4/c1-3-5-7-9-11-14(12(15)16,13(17)18)10-8-6-4-2/h3-11H2,1-2H3,(H,15,16)(H,17,18). The Morgan fingerprint density at radius 3 is 1.56 bits per heavy atom. The molecule has 0 atom stereocenters. The molecule has 0 radical (unpaired) electrons. The Balaban J connectivity index is 4.55. The zero-order valence-corrected chi connectivity index (χ0v) is 11.6. The highest BCUT2D eigenvalue weighted by atomic mass is 16.4. The summed E-state index contributed by atoms with van der Waals surface area (Å²) in [5.41, 5.74) is -1.57. The molecule has 0 saturated carbocycles. The maximum atomic E-state index is 11.3. The number of rotatable bonds is 11. The Morgan fingerprint density at radius 1 is 0.778 bits per heavy atom. The molecule has 0 saturated heterocycles. The van der Waals surface area contributed by atoms with Crippen LogP contribution in [0.4, 0.5) is 0 Å². The van der Waals surface area contributed by atoms with Crippen LogP contribution in [0.3, 0.4) is 0 Å². The molecule has 0 aromatic heterocycles. The number of carbonyl (C=O) groups is 2. The van der Waals surface area contributed by atoms with E-state index < -0.39 is 17.4 Å². The van der Waals surface area contributed by atoms with Gasteiger partial charge in [0.25, 0.3) is 0 Å². The number of hydrogen-bond acceptors (Lipinski definition) is 2. The first-order valence-corrected chi connectivity index (χ1v) is 6.98. The second-order valence-electron chi connectivity index (χ2n) is 4.96. The highest BCUT2D eigenvalue weighted by molar-refractivity contribution is 5.98. The SMILES string of the molecule is CCCCCCC(CCCCC)(C(=O)O)C(=O)O. The van der Waals surface area contributed by atoms with Crippen LogP contribution in [-0.4, -0.2) is 22.2 Å². The van der Waals surface area contributed by atoms with Gasteiger partial charge in [0, 0.05) is 0 Å². The molecule has 4 nitrogen and oxygen atoms in total. The largest absolute Gasteiger partial charge is 0.480 e. The molecule has 0 unspecified atom stereocenters. The zero-order chi connectivity index (χ0) is 14.0. The zero-order valence-electron chi connectivity index (χ0n) is 11.6. The molecule has 0 aromatic carbocycles. The summed E-state index contributed by atoms with van der Waals surface area (Å²) in [7, 11) is 0. The van der Waals surface area contributed by atoms with Gasteiger partial charge in [-0.2, -0.15) is 0 Å². The van der Waals surface area contributed by atoms with Crippen molar-refractivity contribution in [3.63, 3.8) is 0 Å². The van der Waals surface area contributed by atoms with E-state index in [4.69, 9.17) is 0 Å². The van der Waals surface area contributed by atoms with Crippen LogP contribution in [-0.2, 0) is 9.59 Å². The van der Waals surface area contributed by atoms with Crippen LogP contribution in [0, 0.1) is 5.41 Å². The van der Waals surface area contributed by atoms with Crippen LogP contribution in [0.1, 0.15) is 71.6 Å². The summed E-state index contributed by atoms with van der Waals surface area (Å²) in [5.74, 6) is -2.36. The van der Waals surface area contributed by atoms with Crippen molar-refractivity contribution in [2.45, 2.75) is 71.6 Å². The van der Waals surface area contributed by atoms with E-state index in [1.807, 2.05) is 6.92 Å². The molecule has 0 aliphatic rings. The predicted molar refractivity (Wildman–Crippen MR) is 70.6 cm³/mol. The lowest BCUT2D eigenvalue weighted by molar-refractivity contribution is -0.166. The van der Waals surface area contributed by atoms with Crippen LogP contribution in [0.5, 0.6) is 0 Å². The summed E-state index contributed by atoms with van der Waals surface area (Å²) < 4.78 is 0. The van der Waals surface area contributed by atoms with Gasteiger partial charge in [0.15, 0.2) is 5.41 Å². The molecular weight excluding hydrogens is 232 g/mol. The molecule has 0 rings (SSSR count). The molecule has 0 aliphatic carbocycles. The van der Waals surface area contributed by atoms with Crippen LogP contribution >= 0.6 is 0 Å². The van der Waals surface area contributed by atoms with Gasteiger partial charge in [-0.15, -0.1) is 0 Å². The van der Waals surface area contributed by atoms with E-state index >= 15 is 0 Å². The smallest absolute Gasteiger partial charge is 0.321 e. The Hall–Kier alpha value is -1.06. The van der Waals surface area contributed by atoms with Crippen LogP contribution in [0.15, 0.2) is 0 Å². The maximum absolute atomic E-state index is 11.3. The molecule has 0 aliphatic heterocycles. The van der Waals surface area contributed by atoms with Crippen LogP contribution in [0.2, 0.25) is 0 Å². The van der Waals surface area contributed by atoms with Gasteiger partial charge in [-0.05, 0) is 12.8 Å². The monoisotopic (exact) mass is 258 g/mol. The molecule has 0 heterocycles. The van der Waals surface area contributed by atoms with Crippen LogP contribution in [0.25, 0.3) is 0 Å². The molecule has 18 heavy (non-hydrogen) atoms. The van der Waals surface area contributed by atoms with Gasteiger partial charge in [0.05, 0.1) is 0 Å². The number of unbranched alkanes of at least 4 members (excludes halogenated alkanes) is 5. The first-order valence-electron chi connectivity index (χ1n) is 6.98. The lowest BCUT2D eigenvalue weighted by atomic mass is 9.78. The van der Waals surface area contributed by atoms with E-state index in [9.17, 15) is 19.8 Å². The Labute approximate surface area is 109 Å². The van der Waals surface area contributed by atoms with Gasteiger partial charge in [-0.25, -0.2) is 0 Å². The second-order valence-corrected chi connectivity index (χ2v) is 4.96. The molecule has 2 N–H and O–H groups in total. The summed E-state index contributed by atoms with van der Waals surface area (Å²) in [6, 6.07) is 0. The van der Waals surface area contributed by atoms with E-state index in [0.717, 1.165) is 32.1 Å². The first kappa shape index (κ1) is 16.9. The summed E-state index contributed by atoms with van der Waals surface area (Å²) in [6.07, 6.45) is 6.70. The summed E-state index contributed by atoms with van der Waals surface area (Å²) in [5, 5.41) is 18.5. The van der Waals surface area contributed by atoms with Crippen LogP contribution < -0.4 is 0 Å². The minimum atomic E-state index is -1.57. The molecule has 106 valence electrons. The molecule has 0 spiro atoms. The lowest BCUT2D eigenvalue weighted by Gasteiger charge is -2.24. The van der Waals surface area contributed by atoms with Crippen molar-refractivity contribution >= 4 is 11.9 Å². The Bertz CT molecular complexity index is 247. The van der Waals surface area contributed by atoms with E-state index in [0.29, 0.717) is 12.8 Å².